The summed E-state index contributed by atoms with van der Waals surface area (Å²) in [5.41, 5.74) is -0.737. The number of hydrogen-bond donors (Lipinski definition) is 3. The zero-order valence-corrected chi connectivity index (χ0v) is 23.6. The Labute approximate surface area is 231 Å². The molecule has 3 fully saturated rings. The number of nitrogens with one attached hydrogen (secondary N) is 1. The second-order valence-corrected chi connectivity index (χ2v) is 13.0. The number of fused-ring (bicyclic) bond motifs is 3. The summed E-state index contributed by atoms with van der Waals surface area (Å²) in [5, 5.41) is 24.2. The van der Waals surface area contributed by atoms with Crippen molar-refractivity contribution in [2.75, 3.05) is 13.2 Å². The number of esters is 1. The van der Waals surface area contributed by atoms with Gasteiger partial charge in [-0.3, -0.25) is 4.79 Å². The molecule has 1 saturated heterocycles. The second-order valence-electron chi connectivity index (χ2n) is 13.0. The number of ether oxygens (including phenoxy) is 3. The normalized spacial score (nSPS) is 38.3. The number of hydrogen-bond acceptors (Lipinski definition) is 7. The van der Waals surface area contributed by atoms with Crippen LogP contribution >= 0.6 is 0 Å². The minimum absolute atomic E-state index is 0.0209. The van der Waals surface area contributed by atoms with Crippen LogP contribution in [0.1, 0.15) is 97.8 Å². The van der Waals surface area contributed by atoms with Gasteiger partial charge in [0.15, 0.2) is 5.60 Å². The third-order valence-corrected chi connectivity index (χ3v) is 10.7. The molecule has 9 nitrogen and oxygen atoms in total. The maximum Gasteiger partial charge on any atom is 0.407 e. The molecule has 1 spiro atoms. The maximum atomic E-state index is 13.0. The number of aliphatic hydroxyl groups is 1. The number of carbonyl (C=O) groups is 3. The Morgan fingerprint density at radius 3 is 2.56 bits per heavy atom. The molecule has 1 amide bonds. The van der Waals surface area contributed by atoms with E-state index in [1.165, 1.54) is 0 Å². The minimum Gasteiger partial charge on any atom is -0.481 e. The maximum absolute atomic E-state index is 13.0. The Bertz CT molecular complexity index is 1020. The lowest BCUT2D eigenvalue weighted by Gasteiger charge is -2.61. The van der Waals surface area contributed by atoms with Crippen molar-refractivity contribution in [3.63, 3.8) is 0 Å². The quantitative estimate of drug-likeness (QED) is 0.195. The number of alkyl carbamates (subject to hydrolysis) is 1. The highest BCUT2D eigenvalue weighted by Gasteiger charge is 2.84. The van der Waals surface area contributed by atoms with E-state index in [1.54, 1.807) is 0 Å². The molecule has 1 unspecified atom stereocenters. The lowest BCUT2D eigenvalue weighted by molar-refractivity contribution is -0.224. The fourth-order valence-electron chi connectivity index (χ4n) is 8.44. The smallest absolute Gasteiger partial charge is 0.407 e. The molecule has 39 heavy (non-hydrogen) atoms. The summed E-state index contributed by atoms with van der Waals surface area (Å²) in [4.78, 5) is 35.9. The SMILES string of the molecule is CC(C)[C@@H]1CC[C@]2(O)[C@]3(O[C@H]3CC3C4=C(CC[C@@]32C)C(=O)OC4)[C@@H]1OC(=O)NCCCCCCCCC(=O)O. The molecular formula is C30H45NO8. The molecule has 2 saturated carbocycles. The first-order chi connectivity index (χ1) is 18.5. The number of epoxide rings is 1. The number of unbranched alkanes of at least 4 members (excludes halogenated alkanes) is 5. The number of aliphatic carboxylic acids is 1. The molecule has 3 aliphatic carbocycles. The molecule has 218 valence electrons. The Morgan fingerprint density at radius 1 is 1.13 bits per heavy atom. The fourth-order valence-corrected chi connectivity index (χ4v) is 8.44. The Kier molecular flexibility index (Phi) is 7.79. The van der Waals surface area contributed by atoms with Gasteiger partial charge >= 0.3 is 18.0 Å². The van der Waals surface area contributed by atoms with Gasteiger partial charge in [-0.1, -0.05) is 46.5 Å². The van der Waals surface area contributed by atoms with Crippen LogP contribution in [0.2, 0.25) is 0 Å². The topological polar surface area (TPSA) is 135 Å². The second kappa shape index (κ2) is 10.7. The highest BCUT2D eigenvalue weighted by molar-refractivity contribution is 5.92. The Morgan fingerprint density at radius 2 is 1.85 bits per heavy atom. The molecular weight excluding hydrogens is 502 g/mol. The molecule has 0 aromatic rings. The first kappa shape index (κ1) is 28.4. The summed E-state index contributed by atoms with van der Waals surface area (Å²) in [6.45, 7) is 7.24. The van der Waals surface area contributed by atoms with Crippen LogP contribution in [0.5, 0.6) is 0 Å². The van der Waals surface area contributed by atoms with Gasteiger partial charge < -0.3 is 29.7 Å². The highest BCUT2D eigenvalue weighted by atomic mass is 16.7. The van der Waals surface area contributed by atoms with Crippen LogP contribution in [-0.2, 0) is 23.8 Å². The van der Waals surface area contributed by atoms with Gasteiger partial charge in [-0.05, 0) is 62.4 Å². The monoisotopic (exact) mass is 547 g/mol. The third kappa shape index (κ3) is 4.67. The molecule has 5 aliphatic rings. The van der Waals surface area contributed by atoms with Gasteiger partial charge in [-0.2, -0.15) is 0 Å². The molecule has 0 aromatic carbocycles. The van der Waals surface area contributed by atoms with Crippen molar-refractivity contribution in [1.29, 1.82) is 0 Å². The van der Waals surface area contributed by atoms with Crippen LogP contribution in [-0.4, -0.2) is 64.8 Å². The van der Waals surface area contributed by atoms with Crippen molar-refractivity contribution in [3.05, 3.63) is 11.1 Å². The molecule has 0 aromatic heterocycles. The number of amides is 1. The van der Waals surface area contributed by atoms with Gasteiger partial charge in [0.05, 0.1) is 6.10 Å². The predicted molar refractivity (Wildman–Crippen MR) is 142 cm³/mol. The molecule has 9 heteroatoms. The summed E-state index contributed by atoms with van der Waals surface area (Å²) >= 11 is 0. The summed E-state index contributed by atoms with van der Waals surface area (Å²) < 4.78 is 18.0. The van der Waals surface area contributed by atoms with Crippen LogP contribution in [0.4, 0.5) is 4.79 Å². The third-order valence-electron chi connectivity index (χ3n) is 10.7. The molecule has 2 aliphatic heterocycles. The Hall–Kier alpha value is -2.13. The van der Waals surface area contributed by atoms with Crippen molar-refractivity contribution in [2.24, 2.45) is 23.2 Å². The first-order valence-electron chi connectivity index (χ1n) is 15.0. The molecule has 2 heterocycles. The minimum atomic E-state index is -1.16. The number of cyclic esters (lactones) is 1. The van der Waals surface area contributed by atoms with Crippen LogP contribution in [0.3, 0.4) is 0 Å². The van der Waals surface area contributed by atoms with Crippen molar-refractivity contribution in [2.45, 2.75) is 121 Å². The van der Waals surface area contributed by atoms with E-state index >= 15 is 0 Å². The first-order valence-corrected chi connectivity index (χ1v) is 15.0. The van der Waals surface area contributed by atoms with Gasteiger partial charge in [0, 0.05) is 29.9 Å². The average molecular weight is 548 g/mol. The zero-order valence-electron chi connectivity index (χ0n) is 23.6. The van der Waals surface area contributed by atoms with Gasteiger partial charge in [-0.15, -0.1) is 0 Å². The van der Waals surface area contributed by atoms with E-state index in [2.05, 4.69) is 26.1 Å². The summed E-state index contributed by atoms with van der Waals surface area (Å²) in [7, 11) is 0. The standard InChI is InChI=1S/C30H45NO8/c1-18(2)19-12-14-29(36)28(3)13-11-20-21(17-37-26(20)34)22(28)16-23-30(29,39-23)25(19)38-27(35)31-15-9-7-5-4-6-8-10-24(32)33/h18-19,22-23,25,36H,4-17H2,1-3H3,(H,31,35)(H,32,33)/t19-,22?,23-,25+,28-,29+,30+/m0/s1. The van der Waals surface area contributed by atoms with Crippen molar-refractivity contribution < 1.29 is 38.8 Å². The molecule has 7 atom stereocenters. The van der Waals surface area contributed by atoms with Gasteiger partial charge in [0.1, 0.15) is 18.3 Å². The van der Waals surface area contributed by atoms with Gasteiger partial charge in [0.25, 0.3) is 0 Å². The Balaban J connectivity index is 1.22. The molecule has 0 bridgehead atoms. The van der Waals surface area contributed by atoms with Crippen molar-refractivity contribution in [3.8, 4) is 0 Å². The van der Waals surface area contributed by atoms with E-state index in [-0.39, 0.29) is 36.2 Å². The van der Waals surface area contributed by atoms with E-state index in [9.17, 15) is 19.5 Å². The number of carboxylic acids is 1. The highest BCUT2D eigenvalue weighted by Crippen LogP contribution is 2.72. The number of rotatable bonds is 11. The summed E-state index contributed by atoms with van der Waals surface area (Å²) in [5.74, 6) is -0.593. The van der Waals surface area contributed by atoms with Crippen molar-refractivity contribution >= 4 is 18.0 Å². The summed E-state index contributed by atoms with van der Waals surface area (Å²) in [6.07, 6.45) is 7.74. The number of carboxylic acid groups (broad SMARTS) is 1. The van der Waals surface area contributed by atoms with Crippen LogP contribution in [0.15, 0.2) is 11.1 Å². The largest absolute Gasteiger partial charge is 0.481 e. The average Bonchev–Trinajstić information content (AvgIpc) is 3.49. The van der Waals surface area contributed by atoms with Crippen LogP contribution in [0, 0.1) is 23.2 Å². The van der Waals surface area contributed by atoms with Gasteiger partial charge in [-0.25, -0.2) is 9.59 Å². The molecule has 3 N–H and O–H groups in total. The lowest BCUT2D eigenvalue weighted by atomic mass is 9.44. The molecule has 5 rings (SSSR count). The van der Waals surface area contributed by atoms with E-state index in [4.69, 9.17) is 19.3 Å². The molecule has 0 radical (unpaired) electrons. The van der Waals surface area contributed by atoms with E-state index in [0.29, 0.717) is 45.3 Å². The zero-order chi connectivity index (χ0) is 28.0. The van der Waals surface area contributed by atoms with E-state index < -0.39 is 34.8 Å². The van der Waals surface area contributed by atoms with Gasteiger partial charge in [0.2, 0.25) is 0 Å². The number of carbonyl (C=O) groups excluding carboxylic acids is 2. The van der Waals surface area contributed by atoms with Crippen LogP contribution in [0.25, 0.3) is 0 Å². The lowest BCUT2D eigenvalue weighted by Crippen LogP contribution is -2.72. The van der Waals surface area contributed by atoms with E-state index in [0.717, 1.165) is 49.7 Å². The van der Waals surface area contributed by atoms with Crippen molar-refractivity contribution in [1.82, 2.24) is 5.32 Å². The fraction of sp³-hybridized carbons (Fsp3) is 0.833. The van der Waals surface area contributed by atoms with Crippen LogP contribution < -0.4 is 5.32 Å². The summed E-state index contributed by atoms with van der Waals surface area (Å²) in [6, 6.07) is 0. The predicted octanol–water partition coefficient (Wildman–Crippen LogP) is 4.50. The van der Waals surface area contributed by atoms with E-state index in [1.807, 2.05) is 0 Å².